The zero-order valence-electron chi connectivity index (χ0n) is 10.0. The Hall–Kier alpha value is -2.08. The van der Waals surface area contributed by atoms with Crippen molar-refractivity contribution in [2.24, 2.45) is 7.05 Å². The van der Waals surface area contributed by atoms with E-state index in [1.165, 1.54) is 30.7 Å². The number of oxazole rings is 1. The van der Waals surface area contributed by atoms with Crippen LogP contribution in [0.25, 0.3) is 11.1 Å². The fourth-order valence-corrected chi connectivity index (χ4v) is 1.75. The van der Waals surface area contributed by atoms with Crippen LogP contribution in [-0.4, -0.2) is 27.4 Å². The van der Waals surface area contributed by atoms with E-state index in [1.54, 1.807) is 6.07 Å². The first-order chi connectivity index (χ1) is 8.40. The number of benzene rings is 1. The smallest absolute Gasteiger partial charge is 0.419 e. The average Bonchev–Trinajstić information content (AvgIpc) is 2.63. The minimum atomic E-state index is -1.40. The summed E-state index contributed by atoms with van der Waals surface area (Å²) >= 11 is 0. The van der Waals surface area contributed by atoms with Crippen LogP contribution in [0.1, 0.15) is 12.5 Å². The fourth-order valence-electron chi connectivity index (χ4n) is 1.75. The molecule has 1 heterocycles. The van der Waals surface area contributed by atoms with Gasteiger partial charge >= 0.3 is 11.7 Å². The number of fused-ring (bicyclic) bond motifs is 1. The summed E-state index contributed by atoms with van der Waals surface area (Å²) in [5.74, 6) is -1.64. The van der Waals surface area contributed by atoms with Crippen LogP contribution in [0.2, 0.25) is 0 Å². The highest BCUT2D eigenvalue weighted by molar-refractivity contribution is 5.83. The Morgan fingerprint density at radius 3 is 2.72 bits per heavy atom. The lowest BCUT2D eigenvalue weighted by Crippen LogP contribution is -2.36. The van der Waals surface area contributed by atoms with Gasteiger partial charge in [-0.25, -0.2) is 4.79 Å². The van der Waals surface area contributed by atoms with Crippen molar-refractivity contribution in [2.45, 2.75) is 12.3 Å². The Kier molecular flexibility index (Phi) is 2.74. The minimum absolute atomic E-state index is 0.386. The van der Waals surface area contributed by atoms with E-state index in [-0.39, 0.29) is 0 Å². The monoisotopic (exact) mass is 251 g/mol. The van der Waals surface area contributed by atoms with E-state index in [1.807, 2.05) is 0 Å². The van der Waals surface area contributed by atoms with E-state index >= 15 is 0 Å². The molecule has 2 N–H and O–H groups in total. The Labute approximate surface area is 102 Å². The molecule has 0 fully saturated rings. The Morgan fingerprint density at radius 2 is 2.17 bits per heavy atom. The molecule has 0 aliphatic carbocycles. The molecule has 0 aliphatic heterocycles. The predicted molar refractivity (Wildman–Crippen MR) is 63.5 cm³/mol. The van der Waals surface area contributed by atoms with E-state index in [0.29, 0.717) is 16.7 Å². The second-order valence-electron chi connectivity index (χ2n) is 4.40. The third-order valence-corrected chi connectivity index (χ3v) is 3.22. The lowest BCUT2D eigenvalue weighted by molar-refractivity contribution is -0.144. The zero-order chi connectivity index (χ0) is 13.5. The van der Waals surface area contributed by atoms with Gasteiger partial charge in [-0.1, -0.05) is 6.07 Å². The van der Waals surface area contributed by atoms with Crippen LogP contribution >= 0.6 is 0 Å². The molecule has 0 amide bonds. The van der Waals surface area contributed by atoms with Gasteiger partial charge in [0, 0.05) is 7.05 Å². The summed E-state index contributed by atoms with van der Waals surface area (Å²) in [4.78, 5) is 22.6. The number of nitrogens with zero attached hydrogens (tertiary/aromatic N) is 1. The molecule has 0 saturated heterocycles. The molecule has 1 unspecified atom stereocenters. The number of hydrogen-bond acceptors (Lipinski definition) is 4. The van der Waals surface area contributed by atoms with Crippen LogP contribution in [0.3, 0.4) is 0 Å². The lowest BCUT2D eigenvalue weighted by atomic mass is 9.83. The molecule has 1 atom stereocenters. The summed E-state index contributed by atoms with van der Waals surface area (Å²) < 4.78 is 6.25. The predicted octanol–water partition coefficient (Wildman–Crippen LogP) is 0.466. The average molecular weight is 251 g/mol. The quantitative estimate of drug-likeness (QED) is 0.827. The maximum absolute atomic E-state index is 11.3. The third kappa shape index (κ3) is 1.62. The fraction of sp³-hybridized carbons (Fsp3) is 0.333. The number of carboxylic acids is 1. The molecule has 2 aromatic rings. The van der Waals surface area contributed by atoms with Crippen molar-refractivity contribution in [3.8, 4) is 0 Å². The number of hydrogen-bond donors (Lipinski definition) is 2. The van der Waals surface area contributed by atoms with E-state index in [4.69, 9.17) is 4.42 Å². The number of carbonyl (C=O) groups is 1. The van der Waals surface area contributed by atoms with Gasteiger partial charge in [0.05, 0.1) is 12.1 Å². The van der Waals surface area contributed by atoms with E-state index in [2.05, 4.69) is 0 Å². The summed E-state index contributed by atoms with van der Waals surface area (Å²) in [7, 11) is 1.54. The lowest BCUT2D eigenvalue weighted by Gasteiger charge is -2.22. The number of aromatic nitrogens is 1. The number of aliphatic hydroxyl groups is 1. The number of carboxylic acid groups (broad SMARTS) is 1. The van der Waals surface area contributed by atoms with Gasteiger partial charge in [0.2, 0.25) is 0 Å². The molecule has 0 bridgehead atoms. The second kappa shape index (κ2) is 3.99. The van der Waals surface area contributed by atoms with Gasteiger partial charge in [-0.05, 0) is 24.6 Å². The highest BCUT2D eigenvalue weighted by Gasteiger charge is 2.35. The van der Waals surface area contributed by atoms with E-state index < -0.39 is 23.7 Å². The highest BCUT2D eigenvalue weighted by Crippen LogP contribution is 2.26. The van der Waals surface area contributed by atoms with Crippen molar-refractivity contribution in [3.63, 3.8) is 0 Å². The van der Waals surface area contributed by atoms with E-state index in [9.17, 15) is 19.8 Å². The maximum Gasteiger partial charge on any atom is 0.419 e. The largest absolute Gasteiger partial charge is 0.481 e. The Bertz CT molecular complexity index is 669. The van der Waals surface area contributed by atoms with Crippen molar-refractivity contribution in [2.75, 3.05) is 6.61 Å². The summed E-state index contributed by atoms with van der Waals surface area (Å²) in [6.45, 7) is 0.897. The first-order valence-electron chi connectivity index (χ1n) is 5.34. The molecule has 6 heteroatoms. The van der Waals surface area contributed by atoms with Crippen molar-refractivity contribution in [3.05, 3.63) is 34.3 Å². The molecule has 1 aromatic carbocycles. The molecular weight excluding hydrogens is 238 g/mol. The third-order valence-electron chi connectivity index (χ3n) is 3.22. The van der Waals surface area contributed by atoms with Gasteiger partial charge in [0.25, 0.3) is 0 Å². The normalized spacial score (nSPS) is 14.6. The topological polar surface area (TPSA) is 92.7 Å². The molecule has 0 radical (unpaired) electrons. The standard InChI is InChI=1S/C12H13NO5/c1-12(6-14,10(15)16)7-3-4-9-8(5-7)13(2)11(17)18-9/h3-5,14H,6H2,1-2H3,(H,15,16). The maximum atomic E-state index is 11.3. The molecule has 0 saturated carbocycles. The van der Waals surface area contributed by atoms with Crippen LogP contribution < -0.4 is 5.76 Å². The van der Waals surface area contributed by atoms with E-state index in [0.717, 1.165) is 0 Å². The number of aryl methyl sites for hydroxylation is 1. The van der Waals surface area contributed by atoms with Crippen LogP contribution in [0.4, 0.5) is 0 Å². The van der Waals surface area contributed by atoms with Crippen molar-refractivity contribution in [1.82, 2.24) is 4.57 Å². The van der Waals surface area contributed by atoms with Crippen molar-refractivity contribution >= 4 is 17.1 Å². The highest BCUT2D eigenvalue weighted by atomic mass is 16.4. The summed E-state index contributed by atoms with van der Waals surface area (Å²) in [6.07, 6.45) is 0. The summed E-state index contributed by atoms with van der Waals surface area (Å²) in [5.41, 5.74) is -0.0987. The van der Waals surface area contributed by atoms with Crippen molar-refractivity contribution in [1.29, 1.82) is 0 Å². The molecule has 96 valence electrons. The van der Waals surface area contributed by atoms with Gasteiger partial charge in [-0.3, -0.25) is 9.36 Å². The Balaban J connectivity index is 2.70. The molecule has 0 spiro atoms. The van der Waals surface area contributed by atoms with Gasteiger partial charge in [0.15, 0.2) is 5.58 Å². The van der Waals surface area contributed by atoms with Gasteiger partial charge in [-0.15, -0.1) is 0 Å². The summed E-state index contributed by atoms with van der Waals surface area (Å²) in [5, 5.41) is 18.5. The SMILES string of the molecule is Cn1c(=O)oc2ccc(C(C)(CO)C(=O)O)cc21. The number of rotatable bonds is 3. The van der Waals surface area contributed by atoms with Crippen LogP contribution in [0.15, 0.2) is 27.4 Å². The zero-order valence-corrected chi connectivity index (χ0v) is 10.0. The van der Waals surface area contributed by atoms with Crippen molar-refractivity contribution < 1.29 is 19.4 Å². The van der Waals surface area contributed by atoms with Gasteiger partial charge < -0.3 is 14.6 Å². The molecule has 18 heavy (non-hydrogen) atoms. The van der Waals surface area contributed by atoms with Crippen LogP contribution in [0, 0.1) is 0 Å². The minimum Gasteiger partial charge on any atom is -0.481 e. The molecule has 1 aromatic heterocycles. The summed E-state index contributed by atoms with van der Waals surface area (Å²) in [6, 6.07) is 4.61. The molecule has 6 nitrogen and oxygen atoms in total. The van der Waals surface area contributed by atoms with Gasteiger partial charge in [-0.2, -0.15) is 0 Å². The first kappa shape index (κ1) is 12.4. The Morgan fingerprint density at radius 1 is 1.50 bits per heavy atom. The number of aliphatic hydroxyl groups excluding tert-OH is 1. The first-order valence-corrected chi connectivity index (χ1v) is 5.34. The van der Waals surface area contributed by atoms with Crippen LogP contribution in [-0.2, 0) is 17.3 Å². The molecular formula is C12H13NO5. The molecule has 2 rings (SSSR count). The molecule has 0 aliphatic rings. The van der Waals surface area contributed by atoms with Gasteiger partial charge in [0.1, 0.15) is 5.41 Å². The second-order valence-corrected chi connectivity index (χ2v) is 4.40. The van der Waals surface area contributed by atoms with Crippen LogP contribution in [0.5, 0.6) is 0 Å². The number of aliphatic carboxylic acids is 1.